The molecular formula is C11H12N4O4S. The van der Waals surface area contributed by atoms with Crippen LogP contribution >= 0.6 is 0 Å². The van der Waals surface area contributed by atoms with Crippen molar-refractivity contribution in [1.29, 1.82) is 0 Å². The Balaban J connectivity index is 1.95. The molecule has 1 aliphatic rings. The summed E-state index contributed by atoms with van der Waals surface area (Å²) in [6.07, 6.45) is 2.48. The van der Waals surface area contributed by atoms with E-state index < -0.39 is 10.0 Å². The Bertz CT molecular complexity index is 727. The molecule has 1 aliphatic heterocycles. The quantitative estimate of drug-likeness (QED) is 0.712. The molecule has 0 fully saturated rings. The van der Waals surface area contributed by atoms with Crippen LogP contribution in [0.25, 0.3) is 0 Å². The Morgan fingerprint density at radius 3 is 2.60 bits per heavy atom. The number of aromatic amines is 1. The Labute approximate surface area is 114 Å². The van der Waals surface area contributed by atoms with Crippen LogP contribution in [0.15, 0.2) is 29.4 Å². The van der Waals surface area contributed by atoms with Gasteiger partial charge in [0.2, 0.25) is 0 Å². The summed E-state index contributed by atoms with van der Waals surface area (Å²) in [6.45, 7) is 0.845. The van der Waals surface area contributed by atoms with E-state index in [1.165, 1.54) is 24.5 Å². The van der Waals surface area contributed by atoms with Crippen molar-refractivity contribution >= 4 is 21.4 Å². The highest BCUT2D eigenvalue weighted by Crippen LogP contribution is 2.37. The number of fused-ring (bicyclic) bond motifs is 1. The van der Waals surface area contributed by atoms with Gasteiger partial charge in [-0.2, -0.15) is 5.10 Å². The number of aromatic nitrogens is 2. The van der Waals surface area contributed by atoms with E-state index in [2.05, 4.69) is 14.9 Å². The highest BCUT2D eigenvalue weighted by Gasteiger charge is 2.20. The molecule has 0 spiro atoms. The van der Waals surface area contributed by atoms with Crippen LogP contribution < -0.4 is 19.9 Å². The maximum Gasteiger partial charge on any atom is 0.265 e. The van der Waals surface area contributed by atoms with Gasteiger partial charge in [0.05, 0.1) is 17.6 Å². The van der Waals surface area contributed by atoms with Crippen molar-refractivity contribution in [2.75, 3.05) is 23.7 Å². The second kappa shape index (κ2) is 4.60. The van der Waals surface area contributed by atoms with Crippen LogP contribution in [0, 0.1) is 0 Å². The standard InChI is InChI=1S/C11H12N4O4S/c12-8-3-10-11(19-2-1-18-10)4-9(8)15-20(16,17)7-5-13-14-6-7/h3-6,15H,1-2,12H2,(H,13,14). The van der Waals surface area contributed by atoms with Crippen molar-refractivity contribution < 1.29 is 17.9 Å². The second-order valence-corrected chi connectivity index (χ2v) is 5.81. The largest absolute Gasteiger partial charge is 0.486 e. The number of rotatable bonds is 3. The molecule has 106 valence electrons. The fraction of sp³-hybridized carbons (Fsp3) is 0.182. The summed E-state index contributed by atoms with van der Waals surface area (Å²) >= 11 is 0. The third-order valence-corrected chi connectivity index (χ3v) is 4.07. The number of sulfonamides is 1. The smallest absolute Gasteiger partial charge is 0.265 e. The number of anilines is 2. The fourth-order valence-corrected chi connectivity index (χ4v) is 2.77. The molecule has 3 rings (SSSR count). The topological polar surface area (TPSA) is 119 Å². The summed E-state index contributed by atoms with van der Waals surface area (Å²) in [5, 5.41) is 6.04. The molecule has 2 aromatic rings. The number of benzene rings is 1. The molecule has 0 unspecified atom stereocenters. The van der Waals surface area contributed by atoms with Gasteiger partial charge in [-0.25, -0.2) is 8.42 Å². The average molecular weight is 296 g/mol. The van der Waals surface area contributed by atoms with Crippen LogP contribution in [0.2, 0.25) is 0 Å². The minimum Gasteiger partial charge on any atom is -0.486 e. The maximum absolute atomic E-state index is 12.1. The van der Waals surface area contributed by atoms with Crippen LogP contribution in [-0.2, 0) is 10.0 Å². The average Bonchev–Trinajstić information content (AvgIpc) is 2.94. The molecule has 1 aromatic carbocycles. The number of hydrogen-bond acceptors (Lipinski definition) is 6. The Hall–Kier alpha value is -2.42. The first kappa shape index (κ1) is 12.6. The Morgan fingerprint density at radius 2 is 1.95 bits per heavy atom. The Morgan fingerprint density at radius 1 is 1.25 bits per heavy atom. The lowest BCUT2D eigenvalue weighted by atomic mass is 10.2. The third kappa shape index (κ3) is 2.23. The van der Waals surface area contributed by atoms with E-state index in [9.17, 15) is 8.42 Å². The molecule has 0 atom stereocenters. The lowest BCUT2D eigenvalue weighted by Crippen LogP contribution is -2.17. The van der Waals surface area contributed by atoms with Crippen LogP contribution in [0.5, 0.6) is 11.5 Å². The van der Waals surface area contributed by atoms with E-state index >= 15 is 0 Å². The van der Waals surface area contributed by atoms with Gasteiger partial charge in [0.25, 0.3) is 10.0 Å². The SMILES string of the molecule is Nc1cc2c(cc1NS(=O)(=O)c1cn[nH]c1)OCCO2. The van der Waals surface area contributed by atoms with Gasteiger partial charge in [-0.3, -0.25) is 9.82 Å². The fourth-order valence-electron chi connectivity index (χ4n) is 1.78. The predicted molar refractivity (Wildman–Crippen MR) is 71.2 cm³/mol. The number of hydrogen-bond donors (Lipinski definition) is 3. The number of nitrogen functional groups attached to an aromatic ring is 1. The highest BCUT2D eigenvalue weighted by atomic mass is 32.2. The molecule has 20 heavy (non-hydrogen) atoms. The first-order chi connectivity index (χ1) is 9.56. The van der Waals surface area contributed by atoms with E-state index in [-0.39, 0.29) is 16.3 Å². The van der Waals surface area contributed by atoms with Gasteiger partial charge in [-0.05, 0) is 0 Å². The van der Waals surface area contributed by atoms with Crippen molar-refractivity contribution in [3.8, 4) is 11.5 Å². The zero-order chi connectivity index (χ0) is 14.2. The molecule has 0 saturated heterocycles. The van der Waals surface area contributed by atoms with Crippen molar-refractivity contribution in [1.82, 2.24) is 10.2 Å². The zero-order valence-corrected chi connectivity index (χ0v) is 11.1. The number of H-pyrrole nitrogens is 1. The van der Waals surface area contributed by atoms with Crippen LogP contribution in [0.1, 0.15) is 0 Å². The van der Waals surface area contributed by atoms with Crippen molar-refractivity contribution in [2.45, 2.75) is 4.90 Å². The van der Waals surface area contributed by atoms with Crippen LogP contribution in [0.4, 0.5) is 11.4 Å². The minimum absolute atomic E-state index is 0.0202. The highest BCUT2D eigenvalue weighted by molar-refractivity contribution is 7.92. The molecule has 0 amide bonds. The second-order valence-electron chi connectivity index (χ2n) is 4.12. The van der Waals surface area contributed by atoms with Crippen molar-refractivity contribution in [3.63, 3.8) is 0 Å². The molecule has 9 heteroatoms. The van der Waals surface area contributed by atoms with Gasteiger partial charge in [0, 0.05) is 18.3 Å². The monoisotopic (exact) mass is 296 g/mol. The Kier molecular flexibility index (Phi) is 2.90. The van der Waals surface area contributed by atoms with E-state index in [0.29, 0.717) is 24.7 Å². The molecular weight excluding hydrogens is 284 g/mol. The first-order valence-electron chi connectivity index (χ1n) is 5.77. The number of nitrogens with one attached hydrogen (secondary N) is 2. The third-order valence-electron chi connectivity index (χ3n) is 2.74. The summed E-state index contributed by atoms with van der Waals surface area (Å²) in [4.78, 5) is 0.0202. The van der Waals surface area contributed by atoms with Gasteiger partial charge in [0.15, 0.2) is 11.5 Å². The summed E-state index contributed by atoms with van der Waals surface area (Å²) in [5.41, 5.74) is 6.30. The molecule has 2 heterocycles. The number of nitrogens with zero attached hydrogens (tertiary/aromatic N) is 1. The number of nitrogens with two attached hydrogens (primary N) is 1. The van der Waals surface area contributed by atoms with Gasteiger partial charge >= 0.3 is 0 Å². The molecule has 0 bridgehead atoms. The molecule has 8 nitrogen and oxygen atoms in total. The normalized spacial score (nSPS) is 14.0. The van der Waals surface area contributed by atoms with Gasteiger partial charge in [-0.1, -0.05) is 0 Å². The summed E-state index contributed by atoms with van der Waals surface area (Å²) in [6, 6.07) is 3.03. The first-order valence-corrected chi connectivity index (χ1v) is 7.25. The van der Waals surface area contributed by atoms with E-state index in [1.807, 2.05) is 0 Å². The van der Waals surface area contributed by atoms with E-state index in [0.717, 1.165) is 0 Å². The van der Waals surface area contributed by atoms with Gasteiger partial charge in [-0.15, -0.1) is 0 Å². The lowest BCUT2D eigenvalue weighted by molar-refractivity contribution is 0.172. The number of ether oxygens (including phenoxy) is 2. The summed E-state index contributed by atoms with van der Waals surface area (Å²) < 4.78 is 37.3. The van der Waals surface area contributed by atoms with E-state index in [4.69, 9.17) is 15.2 Å². The van der Waals surface area contributed by atoms with Crippen molar-refractivity contribution in [3.05, 3.63) is 24.5 Å². The molecule has 0 radical (unpaired) electrons. The van der Waals surface area contributed by atoms with Crippen molar-refractivity contribution in [2.24, 2.45) is 0 Å². The predicted octanol–water partition coefficient (Wildman–Crippen LogP) is 0.564. The van der Waals surface area contributed by atoms with E-state index in [1.54, 1.807) is 0 Å². The molecule has 4 N–H and O–H groups in total. The van der Waals surface area contributed by atoms with Crippen LogP contribution in [0.3, 0.4) is 0 Å². The summed E-state index contributed by atoms with van der Waals surface area (Å²) in [7, 11) is -3.74. The molecule has 0 aliphatic carbocycles. The lowest BCUT2D eigenvalue weighted by Gasteiger charge is -2.20. The molecule has 0 saturated carbocycles. The minimum atomic E-state index is -3.74. The van der Waals surface area contributed by atoms with Gasteiger partial charge < -0.3 is 15.2 Å². The summed E-state index contributed by atoms with van der Waals surface area (Å²) in [5.74, 6) is 0.954. The zero-order valence-electron chi connectivity index (χ0n) is 10.3. The maximum atomic E-state index is 12.1. The van der Waals surface area contributed by atoms with Crippen LogP contribution in [-0.4, -0.2) is 31.8 Å². The molecule has 1 aromatic heterocycles. The van der Waals surface area contributed by atoms with Gasteiger partial charge in [0.1, 0.15) is 18.1 Å².